The highest BCUT2D eigenvalue weighted by Gasteiger charge is 1.65. The first kappa shape index (κ1) is 7.26. The maximum Gasteiger partial charge on any atom is -0.00929 e. The Hall–Kier alpha value is -0.740. The molecule has 8 heavy (non-hydrogen) atoms. The van der Waals surface area contributed by atoms with Crippen LogP contribution in [0.4, 0.5) is 0 Å². The van der Waals surface area contributed by atoms with Crippen molar-refractivity contribution in [2.45, 2.75) is 12.8 Å². The zero-order valence-electron chi connectivity index (χ0n) is 4.93. The minimum atomic E-state index is 0.846. The van der Waals surface area contributed by atoms with Crippen LogP contribution >= 0.6 is 0 Å². The number of hydrogen-bond acceptors (Lipinski definition) is 0. The average Bonchev–Trinajstić information content (AvgIpc) is 1.81. The maximum atomic E-state index is 4.96. The molecule has 0 nitrogen and oxygen atoms in total. The average molecular weight is 106 g/mol. The lowest BCUT2D eigenvalue weighted by Crippen LogP contribution is -1.55. The van der Waals surface area contributed by atoms with Gasteiger partial charge >= 0.3 is 0 Å². The maximum absolute atomic E-state index is 4.96. The van der Waals surface area contributed by atoms with Crippen LogP contribution in [0, 0.1) is 13.5 Å². The number of rotatable bonds is 3. The minimum absolute atomic E-state index is 0.846. The first-order chi connectivity index (χ1) is 3.91. The quantitative estimate of drug-likeness (QED) is 0.382. The van der Waals surface area contributed by atoms with Gasteiger partial charge in [-0.2, -0.15) is 0 Å². The molecule has 0 aromatic rings. The summed E-state index contributed by atoms with van der Waals surface area (Å²) in [6.07, 6.45) is 7.48. The van der Waals surface area contributed by atoms with Crippen LogP contribution in [0.2, 0.25) is 0 Å². The molecular formula is C8H10. The van der Waals surface area contributed by atoms with Gasteiger partial charge in [-0.3, -0.25) is 0 Å². The molecule has 0 aromatic carbocycles. The Bertz CT molecular complexity index is 103. The van der Waals surface area contributed by atoms with Gasteiger partial charge in [0.2, 0.25) is 0 Å². The largest absolute Gasteiger partial charge is 0.124 e. The van der Waals surface area contributed by atoms with Crippen LogP contribution in [0.5, 0.6) is 0 Å². The number of allylic oxidation sites excluding steroid dienone is 3. The molecule has 0 fully saturated rings. The summed E-state index contributed by atoms with van der Waals surface area (Å²) in [4.78, 5) is 0. The highest BCUT2D eigenvalue weighted by Crippen LogP contribution is 1.84. The Morgan fingerprint density at radius 2 is 2.25 bits per heavy atom. The lowest BCUT2D eigenvalue weighted by Gasteiger charge is -1.75. The van der Waals surface area contributed by atoms with Crippen molar-refractivity contribution in [1.29, 1.82) is 0 Å². The van der Waals surface area contributed by atoms with Crippen LogP contribution in [0.25, 0.3) is 0 Å². The molecular weight excluding hydrogens is 96.1 g/mol. The summed E-state index contributed by atoms with van der Waals surface area (Å²) in [6.45, 7) is 8.59. The fraction of sp³-hybridized carbons (Fsp3) is 0.250. The normalized spacial score (nSPS) is 9.12. The Balaban J connectivity index is 3.15. The molecule has 0 rings (SSSR count). The van der Waals surface area contributed by atoms with Crippen LogP contribution < -0.4 is 0 Å². The summed E-state index contributed by atoms with van der Waals surface area (Å²) in [5.74, 6) is 0. The lowest BCUT2D eigenvalue weighted by molar-refractivity contribution is 1.32. The van der Waals surface area contributed by atoms with Gasteiger partial charge in [0.25, 0.3) is 0 Å². The molecule has 0 bridgehead atoms. The van der Waals surface area contributed by atoms with Crippen molar-refractivity contribution in [1.82, 2.24) is 0 Å². The van der Waals surface area contributed by atoms with Crippen molar-refractivity contribution in [2.75, 3.05) is 0 Å². The van der Waals surface area contributed by atoms with E-state index in [1.807, 2.05) is 12.2 Å². The second-order valence-electron chi connectivity index (χ2n) is 1.37. The fourth-order valence-electron chi connectivity index (χ4n) is 0.350. The standard InChI is InChI=1S/C8H10/c1-3-5-7-8-6-4-2/h1,5-6,8H,2,4,7H2/b8-6-. The topological polar surface area (TPSA) is 0 Å². The Labute approximate surface area is 51.2 Å². The van der Waals surface area contributed by atoms with Crippen LogP contribution in [0.1, 0.15) is 12.8 Å². The number of hydrogen-bond donors (Lipinski definition) is 0. The lowest BCUT2D eigenvalue weighted by atomic mass is 10.3. The van der Waals surface area contributed by atoms with Crippen molar-refractivity contribution in [2.24, 2.45) is 0 Å². The first-order valence-electron chi connectivity index (χ1n) is 2.64. The highest BCUT2D eigenvalue weighted by molar-refractivity contribution is 4.90. The van der Waals surface area contributed by atoms with Gasteiger partial charge in [0, 0.05) is 0 Å². The van der Waals surface area contributed by atoms with E-state index in [9.17, 15) is 0 Å². The van der Waals surface area contributed by atoms with Crippen molar-refractivity contribution < 1.29 is 0 Å². The summed E-state index contributed by atoms with van der Waals surface area (Å²) in [5.41, 5.74) is 2.43. The van der Waals surface area contributed by atoms with Crippen LogP contribution in [-0.4, -0.2) is 0 Å². The fourth-order valence-corrected chi connectivity index (χ4v) is 0.350. The van der Waals surface area contributed by atoms with Gasteiger partial charge < -0.3 is 0 Å². The van der Waals surface area contributed by atoms with E-state index in [1.54, 1.807) is 6.08 Å². The van der Waals surface area contributed by atoms with Gasteiger partial charge in [0.05, 0.1) is 0 Å². The molecule has 0 spiro atoms. The summed E-state index contributed by atoms with van der Waals surface area (Å²) in [6, 6.07) is 0. The molecule has 0 saturated carbocycles. The molecule has 42 valence electrons. The van der Waals surface area contributed by atoms with Gasteiger partial charge in [-0.25, -0.2) is 0 Å². The summed E-state index contributed by atoms with van der Waals surface area (Å²) >= 11 is 0. The Morgan fingerprint density at radius 1 is 1.50 bits per heavy atom. The van der Waals surface area contributed by atoms with Crippen molar-refractivity contribution in [3.8, 4) is 0 Å². The monoisotopic (exact) mass is 106 g/mol. The van der Waals surface area contributed by atoms with Gasteiger partial charge in [0.1, 0.15) is 0 Å². The second kappa shape index (κ2) is 6.26. The third-order valence-electron chi connectivity index (χ3n) is 0.705. The van der Waals surface area contributed by atoms with Crippen LogP contribution in [0.15, 0.2) is 24.0 Å². The summed E-state index contributed by atoms with van der Waals surface area (Å²) in [5, 5.41) is 0. The highest BCUT2D eigenvalue weighted by atomic mass is 13.7. The van der Waals surface area contributed by atoms with Gasteiger partial charge in [-0.15, -0.1) is 5.73 Å². The van der Waals surface area contributed by atoms with Crippen LogP contribution in [0.3, 0.4) is 0 Å². The molecule has 0 atom stereocenters. The molecule has 0 aliphatic rings. The molecule has 0 aliphatic carbocycles. The molecule has 2 radical (unpaired) electrons. The van der Waals surface area contributed by atoms with Crippen LogP contribution in [-0.2, 0) is 0 Å². The third kappa shape index (κ3) is 5.26. The molecule has 0 heteroatoms. The van der Waals surface area contributed by atoms with E-state index >= 15 is 0 Å². The van der Waals surface area contributed by atoms with Gasteiger partial charge in [-0.05, 0) is 32.4 Å². The summed E-state index contributed by atoms with van der Waals surface area (Å²) in [7, 11) is 0. The van der Waals surface area contributed by atoms with Crippen molar-refractivity contribution in [3.05, 3.63) is 37.5 Å². The Kier molecular flexibility index (Phi) is 5.68. The van der Waals surface area contributed by atoms with Crippen molar-refractivity contribution in [3.63, 3.8) is 0 Å². The molecule has 0 aromatic heterocycles. The molecule has 0 N–H and O–H groups in total. The predicted molar refractivity (Wildman–Crippen MR) is 36.1 cm³/mol. The predicted octanol–water partition coefficient (Wildman–Crippen LogP) is 2.30. The zero-order valence-corrected chi connectivity index (χ0v) is 4.93. The zero-order chi connectivity index (χ0) is 6.24. The summed E-state index contributed by atoms with van der Waals surface area (Å²) < 4.78 is 0. The third-order valence-corrected chi connectivity index (χ3v) is 0.705. The van der Waals surface area contributed by atoms with E-state index in [0.717, 1.165) is 12.8 Å². The van der Waals surface area contributed by atoms with Gasteiger partial charge in [-0.1, -0.05) is 12.2 Å². The van der Waals surface area contributed by atoms with E-state index in [0.29, 0.717) is 0 Å². The Morgan fingerprint density at radius 3 is 2.75 bits per heavy atom. The van der Waals surface area contributed by atoms with Crippen molar-refractivity contribution >= 4 is 0 Å². The molecule has 0 heterocycles. The second-order valence-corrected chi connectivity index (χ2v) is 1.37. The first-order valence-corrected chi connectivity index (χ1v) is 2.64. The molecule has 0 unspecified atom stereocenters. The van der Waals surface area contributed by atoms with E-state index in [1.165, 1.54) is 0 Å². The SMILES string of the molecule is [CH]=C=CC/C=C\C[CH2]. The van der Waals surface area contributed by atoms with E-state index in [2.05, 4.69) is 12.7 Å². The van der Waals surface area contributed by atoms with E-state index in [4.69, 9.17) is 6.58 Å². The minimum Gasteiger partial charge on any atom is -0.124 e. The molecule has 0 amide bonds. The van der Waals surface area contributed by atoms with E-state index in [-0.39, 0.29) is 0 Å². The molecule has 0 aliphatic heterocycles. The molecule has 0 saturated heterocycles. The van der Waals surface area contributed by atoms with Gasteiger partial charge in [0.15, 0.2) is 0 Å². The smallest absolute Gasteiger partial charge is 0.00929 e. The van der Waals surface area contributed by atoms with E-state index < -0.39 is 0 Å².